The maximum absolute atomic E-state index is 5.94. The van der Waals surface area contributed by atoms with Crippen molar-refractivity contribution in [2.75, 3.05) is 6.61 Å². The first-order valence-electron chi connectivity index (χ1n) is 6.56. The van der Waals surface area contributed by atoms with Crippen LogP contribution in [0.1, 0.15) is 19.8 Å². The molecule has 0 N–H and O–H groups in total. The Bertz CT molecular complexity index is 204. The molecule has 0 aliphatic rings. The van der Waals surface area contributed by atoms with Crippen LogP contribution in [-0.2, 0) is 4.43 Å². The van der Waals surface area contributed by atoms with Crippen LogP contribution in [0.25, 0.3) is 0 Å². The van der Waals surface area contributed by atoms with Gasteiger partial charge in [-0.05, 0) is 38.2 Å². The second-order valence-electron chi connectivity index (χ2n) is 6.34. The largest absolute Gasteiger partial charge is 0.418 e. The molecule has 16 heavy (non-hydrogen) atoms. The normalized spacial score (nSPS) is 13.6. The van der Waals surface area contributed by atoms with Gasteiger partial charge in [0.2, 0.25) is 0 Å². The SMILES string of the molecule is CCCC=CC[Si](C)(C)CCO[Si](C)(C)C. The Morgan fingerprint density at radius 3 is 2.12 bits per heavy atom. The van der Waals surface area contributed by atoms with Crippen molar-refractivity contribution in [2.24, 2.45) is 0 Å². The molecule has 0 aromatic rings. The van der Waals surface area contributed by atoms with Crippen molar-refractivity contribution in [1.82, 2.24) is 0 Å². The van der Waals surface area contributed by atoms with E-state index in [1.165, 1.54) is 24.9 Å². The molecule has 3 heteroatoms. The standard InChI is InChI=1S/C13H30OSi2/c1-7-8-9-10-12-16(5,6)13-11-14-15(2,3)4/h9-10H,7-8,11-13H2,1-6H3. The summed E-state index contributed by atoms with van der Waals surface area (Å²) in [5, 5.41) is 0. The van der Waals surface area contributed by atoms with E-state index in [9.17, 15) is 0 Å². The van der Waals surface area contributed by atoms with Gasteiger partial charge < -0.3 is 4.43 Å². The highest BCUT2D eigenvalue weighted by Crippen LogP contribution is 2.17. The van der Waals surface area contributed by atoms with E-state index in [1.807, 2.05) is 0 Å². The third-order valence-corrected chi connectivity index (χ3v) is 6.58. The Hall–Kier alpha value is 0.134. The van der Waals surface area contributed by atoms with Gasteiger partial charge in [0.25, 0.3) is 0 Å². The number of hydrogen-bond acceptors (Lipinski definition) is 1. The van der Waals surface area contributed by atoms with Gasteiger partial charge in [-0.2, -0.15) is 0 Å². The smallest absolute Gasteiger partial charge is 0.183 e. The zero-order valence-corrected chi connectivity index (χ0v) is 14.1. The second kappa shape index (κ2) is 7.46. The lowest BCUT2D eigenvalue weighted by molar-refractivity contribution is 0.332. The van der Waals surface area contributed by atoms with E-state index >= 15 is 0 Å². The molecule has 0 aromatic heterocycles. The van der Waals surface area contributed by atoms with Crippen LogP contribution in [0.5, 0.6) is 0 Å². The molecule has 0 unspecified atom stereocenters. The molecule has 0 radical (unpaired) electrons. The molecule has 0 atom stereocenters. The van der Waals surface area contributed by atoms with Gasteiger partial charge in [0.1, 0.15) is 0 Å². The molecule has 0 amide bonds. The average molecular weight is 259 g/mol. The highest BCUT2D eigenvalue weighted by atomic mass is 28.4. The molecule has 0 bridgehead atoms. The van der Waals surface area contributed by atoms with E-state index in [1.54, 1.807) is 0 Å². The van der Waals surface area contributed by atoms with Gasteiger partial charge in [-0.1, -0.05) is 38.6 Å². The Morgan fingerprint density at radius 1 is 1.00 bits per heavy atom. The van der Waals surface area contributed by atoms with Crippen molar-refractivity contribution in [1.29, 1.82) is 0 Å². The molecular formula is C13H30OSi2. The number of unbranched alkanes of at least 4 members (excludes halogenated alkanes) is 1. The van der Waals surface area contributed by atoms with Crippen molar-refractivity contribution in [3.05, 3.63) is 12.2 Å². The zero-order chi connectivity index (χ0) is 12.7. The third-order valence-electron chi connectivity index (χ3n) is 2.61. The first-order valence-corrected chi connectivity index (χ1v) is 13.4. The minimum absolute atomic E-state index is 0.983. The van der Waals surface area contributed by atoms with E-state index in [0.717, 1.165) is 6.61 Å². The molecule has 0 saturated heterocycles. The predicted molar refractivity (Wildman–Crippen MR) is 80.4 cm³/mol. The summed E-state index contributed by atoms with van der Waals surface area (Å²) in [6, 6.07) is 2.61. The van der Waals surface area contributed by atoms with Crippen molar-refractivity contribution in [3.63, 3.8) is 0 Å². The molecular weight excluding hydrogens is 228 g/mol. The number of hydrogen-bond donors (Lipinski definition) is 0. The van der Waals surface area contributed by atoms with Crippen LogP contribution in [0.15, 0.2) is 12.2 Å². The molecule has 0 rings (SSSR count). The molecule has 96 valence electrons. The van der Waals surface area contributed by atoms with E-state index in [2.05, 4.69) is 51.8 Å². The highest BCUT2D eigenvalue weighted by molar-refractivity contribution is 6.78. The van der Waals surface area contributed by atoms with Gasteiger partial charge in [0.05, 0.1) is 8.07 Å². The summed E-state index contributed by atoms with van der Waals surface area (Å²) in [7, 11) is -2.34. The lowest BCUT2D eigenvalue weighted by Crippen LogP contribution is -2.31. The summed E-state index contributed by atoms with van der Waals surface area (Å²) in [5.74, 6) is 0. The second-order valence-corrected chi connectivity index (χ2v) is 16.1. The predicted octanol–water partition coefficient (Wildman–Crippen LogP) is 4.90. The van der Waals surface area contributed by atoms with Gasteiger partial charge in [0, 0.05) is 6.61 Å². The van der Waals surface area contributed by atoms with Crippen molar-refractivity contribution >= 4 is 16.4 Å². The fraction of sp³-hybridized carbons (Fsp3) is 0.846. The summed E-state index contributed by atoms with van der Waals surface area (Å²) in [6.07, 6.45) is 7.23. The zero-order valence-electron chi connectivity index (χ0n) is 12.1. The summed E-state index contributed by atoms with van der Waals surface area (Å²) in [5.41, 5.74) is 0. The van der Waals surface area contributed by atoms with E-state index in [0.29, 0.717) is 0 Å². The molecule has 0 saturated carbocycles. The van der Waals surface area contributed by atoms with Crippen LogP contribution in [-0.4, -0.2) is 23.0 Å². The summed E-state index contributed by atoms with van der Waals surface area (Å²) >= 11 is 0. The minimum atomic E-state index is -1.30. The molecule has 0 spiro atoms. The van der Waals surface area contributed by atoms with Crippen LogP contribution in [0.4, 0.5) is 0 Å². The van der Waals surface area contributed by atoms with Crippen molar-refractivity contribution in [2.45, 2.75) is 64.6 Å². The Labute approximate surface area is 104 Å². The average Bonchev–Trinajstić information content (AvgIpc) is 2.10. The maximum Gasteiger partial charge on any atom is 0.183 e. The van der Waals surface area contributed by atoms with Gasteiger partial charge >= 0.3 is 0 Å². The van der Waals surface area contributed by atoms with Crippen LogP contribution in [0, 0.1) is 0 Å². The fourth-order valence-corrected chi connectivity index (χ4v) is 4.00. The lowest BCUT2D eigenvalue weighted by Gasteiger charge is -2.24. The Kier molecular flexibility index (Phi) is 7.52. The molecule has 1 nitrogen and oxygen atoms in total. The summed E-state index contributed by atoms with van der Waals surface area (Å²) in [4.78, 5) is 0. The van der Waals surface area contributed by atoms with Crippen molar-refractivity contribution in [3.8, 4) is 0 Å². The van der Waals surface area contributed by atoms with Gasteiger partial charge in [0.15, 0.2) is 8.32 Å². The molecule has 0 fully saturated rings. The molecule has 0 heterocycles. The summed E-state index contributed by atoms with van der Waals surface area (Å²) < 4.78 is 5.94. The van der Waals surface area contributed by atoms with Crippen LogP contribution >= 0.6 is 0 Å². The fourth-order valence-electron chi connectivity index (χ4n) is 1.42. The van der Waals surface area contributed by atoms with Crippen LogP contribution in [0.3, 0.4) is 0 Å². The molecule has 0 aliphatic carbocycles. The maximum atomic E-state index is 5.94. The Morgan fingerprint density at radius 2 is 1.62 bits per heavy atom. The topological polar surface area (TPSA) is 9.23 Å². The van der Waals surface area contributed by atoms with Crippen molar-refractivity contribution < 1.29 is 4.43 Å². The first-order chi connectivity index (χ1) is 7.27. The minimum Gasteiger partial charge on any atom is -0.418 e. The number of rotatable bonds is 8. The number of allylic oxidation sites excluding steroid dienone is 2. The van der Waals surface area contributed by atoms with Gasteiger partial charge in [-0.15, -0.1) is 0 Å². The van der Waals surface area contributed by atoms with Gasteiger partial charge in [-0.25, -0.2) is 0 Å². The van der Waals surface area contributed by atoms with Crippen LogP contribution in [0.2, 0.25) is 44.8 Å². The quantitative estimate of drug-likeness (QED) is 0.444. The highest BCUT2D eigenvalue weighted by Gasteiger charge is 2.21. The van der Waals surface area contributed by atoms with E-state index in [-0.39, 0.29) is 0 Å². The summed E-state index contributed by atoms with van der Waals surface area (Å²) in [6.45, 7) is 15.0. The molecule has 0 aliphatic heterocycles. The van der Waals surface area contributed by atoms with Crippen LogP contribution < -0.4 is 0 Å². The Balaban J connectivity index is 3.78. The van der Waals surface area contributed by atoms with Gasteiger partial charge in [-0.3, -0.25) is 0 Å². The monoisotopic (exact) mass is 258 g/mol. The molecule has 0 aromatic carbocycles. The van der Waals surface area contributed by atoms with E-state index < -0.39 is 16.4 Å². The third kappa shape index (κ3) is 10.6. The van der Waals surface area contributed by atoms with E-state index in [4.69, 9.17) is 4.43 Å². The lowest BCUT2D eigenvalue weighted by atomic mass is 10.3. The first kappa shape index (κ1) is 16.1.